The number of anilines is 1. The predicted octanol–water partition coefficient (Wildman–Crippen LogP) is 2.58. The second kappa shape index (κ2) is 3.87. The van der Waals surface area contributed by atoms with E-state index in [0.29, 0.717) is 5.89 Å². The van der Waals surface area contributed by atoms with Crippen LogP contribution in [0.5, 0.6) is 0 Å². The van der Waals surface area contributed by atoms with Crippen LogP contribution in [0.3, 0.4) is 0 Å². The Bertz CT molecular complexity index is 543. The first-order valence-corrected chi connectivity index (χ1v) is 5.92. The van der Waals surface area contributed by atoms with Crippen molar-refractivity contribution in [3.63, 3.8) is 0 Å². The van der Waals surface area contributed by atoms with Crippen molar-refractivity contribution in [1.29, 1.82) is 0 Å². The van der Waals surface area contributed by atoms with Gasteiger partial charge in [0.2, 0.25) is 0 Å². The molecule has 1 fully saturated rings. The van der Waals surface area contributed by atoms with Gasteiger partial charge in [0, 0.05) is 17.7 Å². The lowest BCUT2D eigenvalue weighted by Crippen LogP contribution is -1.93. The maximum Gasteiger partial charge on any atom is 0.258 e. The summed E-state index contributed by atoms with van der Waals surface area (Å²) < 4.78 is 5.30. The lowest BCUT2D eigenvalue weighted by Gasteiger charge is -2.02. The number of hydrogen-bond acceptors (Lipinski definition) is 4. The van der Waals surface area contributed by atoms with Crippen molar-refractivity contribution in [2.24, 2.45) is 5.92 Å². The van der Waals surface area contributed by atoms with Gasteiger partial charge >= 0.3 is 0 Å². The molecule has 4 nitrogen and oxygen atoms in total. The zero-order valence-corrected chi connectivity index (χ0v) is 9.81. The smallest absolute Gasteiger partial charge is 0.258 e. The summed E-state index contributed by atoms with van der Waals surface area (Å²) in [6.07, 6.45) is 3.52. The second-order valence-electron chi connectivity index (χ2n) is 4.68. The number of aromatic nitrogens is 2. The quantitative estimate of drug-likeness (QED) is 0.821. The molecular formula is C13H15N3O. The summed E-state index contributed by atoms with van der Waals surface area (Å²) in [6, 6.07) is 5.74. The standard InChI is InChI=1S/C13H15N3O/c1-8-10(3-2-4-11(8)14)13-15-12(16-17-13)7-9-5-6-9/h2-4,9H,5-7,14H2,1H3. The monoisotopic (exact) mass is 229 g/mol. The highest BCUT2D eigenvalue weighted by Gasteiger charge is 2.24. The molecular weight excluding hydrogens is 214 g/mol. The van der Waals surface area contributed by atoms with Gasteiger partial charge in [-0.25, -0.2) is 0 Å². The summed E-state index contributed by atoms with van der Waals surface area (Å²) >= 11 is 0. The molecule has 1 aliphatic carbocycles. The Balaban J connectivity index is 1.91. The topological polar surface area (TPSA) is 64.9 Å². The van der Waals surface area contributed by atoms with E-state index in [-0.39, 0.29) is 0 Å². The van der Waals surface area contributed by atoms with E-state index in [1.165, 1.54) is 12.8 Å². The Hall–Kier alpha value is -1.84. The number of nitrogens with two attached hydrogens (primary N) is 1. The Morgan fingerprint density at radius 3 is 3.00 bits per heavy atom. The molecule has 3 rings (SSSR count). The number of rotatable bonds is 3. The third kappa shape index (κ3) is 2.02. The molecule has 1 aromatic carbocycles. The largest absolute Gasteiger partial charge is 0.398 e. The normalized spacial score (nSPS) is 15.1. The number of nitrogen functional groups attached to an aromatic ring is 1. The van der Waals surface area contributed by atoms with E-state index in [2.05, 4.69) is 10.1 Å². The van der Waals surface area contributed by atoms with Gasteiger partial charge in [0.05, 0.1) is 0 Å². The Kier molecular flexibility index (Phi) is 2.35. The summed E-state index contributed by atoms with van der Waals surface area (Å²) in [5, 5.41) is 4.02. The van der Waals surface area contributed by atoms with Gasteiger partial charge in [0.15, 0.2) is 5.82 Å². The fourth-order valence-electron chi connectivity index (χ4n) is 1.91. The second-order valence-corrected chi connectivity index (χ2v) is 4.68. The van der Waals surface area contributed by atoms with Crippen molar-refractivity contribution in [2.45, 2.75) is 26.2 Å². The van der Waals surface area contributed by atoms with E-state index in [1.54, 1.807) is 0 Å². The molecule has 0 radical (unpaired) electrons. The zero-order chi connectivity index (χ0) is 11.8. The molecule has 1 aromatic heterocycles. The highest BCUT2D eigenvalue weighted by molar-refractivity contribution is 5.66. The van der Waals surface area contributed by atoms with Gasteiger partial charge < -0.3 is 10.3 Å². The minimum absolute atomic E-state index is 0.574. The predicted molar refractivity (Wildman–Crippen MR) is 65.3 cm³/mol. The zero-order valence-electron chi connectivity index (χ0n) is 9.81. The summed E-state index contributed by atoms with van der Waals surface area (Å²) in [4.78, 5) is 4.43. The van der Waals surface area contributed by atoms with Crippen molar-refractivity contribution in [3.8, 4) is 11.5 Å². The van der Waals surface area contributed by atoms with Crippen LogP contribution in [0, 0.1) is 12.8 Å². The van der Waals surface area contributed by atoms with Crippen molar-refractivity contribution >= 4 is 5.69 Å². The Morgan fingerprint density at radius 2 is 2.24 bits per heavy atom. The van der Waals surface area contributed by atoms with Crippen LogP contribution in [0.1, 0.15) is 24.2 Å². The summed E-state index contributed by atoms with van der Waals surface area (Å²) in [5.41, 5.74) is 8.54. The fourth-order valence-corrected chi connectivity index (χ4v) is 1.91. The minimum atomic E-state index is 0.574. The highest BCUT2D eigenvalue weighted by Crippen LogP contribution is 2.32. The number of hydrogen-bond donors (Lipinski definition) is 1. The summed E-state index contributed by atoms with van der Waals surface area (Å²) in [5.74, 6) is 2.15. The third-order valence-corrected chi connectivity index (χ3v) is 3.24. The van der Waals surface area contributed by atoms with E-state index in [4.69, 9.17) is 10.3 Å². The molecule has 4 heteroatoms. The Labute approximate surface area is 99.8 Å². The fraction of sp³-hybridized carbons (Fsp3) is 0.385. The summed E-state index contributed by atoms with van der Waals surface area (Å²) in [6.45, 7) is 1.97. The van der Waals surface area contributed by atoms with Crippen LogP contribution in [0.25, 0.3) is 11.5 Å². The van der Waals surface area contributed by atoms with E-state index in [1.807, 2.05) is 25.1 Å². The van der Waals surface area contributed by atoms with Crippen LogP contribution in [-0.4, -0.2) is 10.1 Å². The van der Waals surface area contributed by atoms with Crippen molar-refractivity contribution < 1.29 is 4.52 Å². The first-order valence-electron chi connectivity index (χ1n) is 5.92. The molecule has 1 saturated carbocycles. The SMILES string of the molecule is Cc1c(N)cccc1-c1nc(CC2CC2)no1. The molecule has 2 N–H and O–H groups in total. The van der Waals surface area contributed by atoms with E-state index in [9.17, 15) is 0 Å². The third-order valence-electron chi connectivity index (χ3n) is 3.24. The van der Waals surface area contributed by atoms with Crippen LogP contribution >= 0.6 is 0 Å². The van der Waals surface area contributed by atoms with Gasteiger partial charge in [-0.05, 0) is 43.4 Å². The molecule has 0 aliphatic heterocycles. The van der Waals surface area contributed by atoms with Gasteiger partial charge in [0.1, 0.15) is 0 Å². The molecule has 0 saturated heterocycles. The molecule has 0 bridgehead atoms. The highest BCUT2D eigenvalue weighted by atomic mass is 16.5. The average Bonchev–Trinajstić information content (AvgIpc) is 3.00. The van der Waals surface area contributed by atoms with Crippen LogP contribution in [-0.2, 0) is 6.42 Å². The van der Waals surface area contributed by atoms with Crippen LogP contribution < -0.4 is 5.73 Å². The lowest BCUT2D eigenvalue weighted by molar-refractivity contribution is 0.421. The number of benzene rings is 1. The molecule has 1 aliphatic rings. The maximum absolute atomic E-state index is 5.87. The molecule has 2 aromatic rings. The van der Waals surface area contributed by atoms with E-state index < -0.39 is 0 Å². The van der Waals surface area contributed by atoms with Crippen LogP contribution in [0.4, 0.5) is 5.69 Å². The number of nitrogens with zero attached hydrogens (tertiary/aromatic N) is 2. The minimum Gasteiger partial charge on any atom is -0.398 e. The molecule has 17 heavy (non-hydrogen) atoms. The van der Waals surface area contributed by atoms with Crippen LogP contribution in [0.15, 0.2) is 22.7 Å². The first-order chi connectivity index (χ1) is 8.24. The van der Waals surface area contributed by atoms with Crippen molar-refractivity contribution in [2.75, 3.05) is 5.73 Å². The van der Waals surface area contributed by atoms with Gasteiger partial charge in [-0.3, -0.25) is 0 Å². The lowest BCUT2D eigenvalue weighted by atomic mass is 10.1. The van der Waals surface area contributed by atoms with Crippen LogP contribution in [0.2, 0.25) is 0 Å². The molecule has 0 unspecified atom stereocenters. The maximum atomic E-state index is 5.87. The molecule has 0 atom stereocenters. The van der Waals surface area contributed by atoms with Gasteiger partial charge in [-0.1, -0.05) is 11.2 Å². The molecule has 1 heterocycles. The van der Waals surface area contributed by atoms with Crippen molar-refractivity contribution in [1.82, 2.24) is 10.1 Å². The first kappa shape index (κ1) is 10.3. The summed E-state index contributed by atoms with van der Waals surface area (Å²) in [7, 11) is 0. The van der Waals surface area contributed by atoms with Crippen molar-refractivity contribution in [3.05, 3.63) is 29.6 Å². The molecule has 0 spiro atoms. The molecule has 0 amide bonds. The average molecular weight is 229 g/mol. The van der Waals surface area contributed by atoms with Gasteiger partial charge in [-0.2, -0.15) is 4.98 Å². The van der Waals surface area contributed by atoms with Gasteiger partial charge in [-0.15, -0.1) is 0 Å². The Morgan fingerprint density at radius 1 is 1.41 bits per heavy atom. The van der Waals surface area contributed by atoms with E-state index >= 15 is 0 Å². The van der Waals surface area contributed by atoms with E-state index in [0.717, 1.165) is 35.0 Å². The van der Waals surface area contributed by atoms with Gasteiger partial charge in [0.25, 0.3) is 5.89 Å². The molecule has 88 valence electrons.